The van der Waals surface area contributed by atoms with Crippen LogP contribution in [0.2, 0.25) is 0 Å². The van der Waals surface area contributed by atoms with E-state index in [-0.39, 0.29) is 40.2 Å². The van der Waals surface area contributed by atoms with Crippen LogP contribution in [0.4, 0.5) is 0 Å². The first kappa shape index (κ1) is 14.3. The Labute approximate surface area is 112 Å². The fourth-order valence-corrected chi connectivity index (χ4v) is 1.72. The number of rotatable bonds is 2. The van der Waals surface area contributed by atoms with E-state index >= 15 is 0 Å². The van der Waals surface area contributed by atoms with Gasteiger partial charge in [-0.25, -0.2) is 4.21 Å². The summed E-state index contributed by atoms with van der Waals surface area (Å²) < 4.78 is 19.6. The molecule has 0 aromatic heterocycles. The van der Waals surface area contributed by atoms with Crippen molar-refractivity contribution in [3.8, 4) is 0 Å². The summed E-state index contributed by atoms with van der Waals surface area (Å²) in [6.45, 7) is 1.40. The molecule has 1 atom stereocenters. The molecule has 1 N–H and O–H groups in total. The first-order valence-electron chi connectivity index (χ1n) is 3.47. The van der Waals surface area contributed by atoms with Gasteiger partial charge in [-0.15, -0.1) is 12.6 Å². The number of Topliss-reactive ketones (excluding diaryl/α,β-unsaturated/α-hetero) is 1. The van der Waals surface area contributed by atoms with Crippen molar-refractivity contribution in [3.63, 3.8) is 0 Å². The number of thiol groups is 1. The molecule has 1 radical (unpaired) electrons. The van der Waals surface area contributed by atoms with Crippen molar-refractivity contribution in [2.75, 3.05) is 0 Å². The van der Waals surface area contributed by atoms with Crippen LogP contribution < -0.4 is 0 Å². The normalized spacial score (nSPS) is 11.6. The molecule has 0 bridgehead atoms. The molecule has 1 aromatic carbocycles. The molecule has 0 heterocycles. The van der Waals surface area contributed by atoms with Gasteiger partial charge in [-0.3, -0.25) is 4.79 Å². The summed E-state index contributed by atoms with van der Waals surface area (Å²) >= 11 is 1.89. The second-order valence-corrected chi connectivity index (χ2v) is 3.91. The molecule has 6 heteroatoms. The summed E-state index contributed by atoms with van der Waals surface area (Å²) in [6.07, 6.45) is 0. The first-order chi connectivity index (χ1) is 6.02. The van der Waals surface area contributed by atoms with Crippen molar-refractivity contribution in [3.05, 3.63) is 23.8 Å². The molecule has 3 nitrogen and oxygen atoms in total. The Morgan fingerprint density at radius 2 is 2.07 bits per heavy atom. The molecular formula is C8H8NaO3S2. The monoisotopic (exact) mass is 239 g/mol. The number of carbonyl (C=O) groups is 1. The van der Waals surface area contributed by atoms with Gasteiger partial charge in [0.15, 0.2) is 16.9 Å². The predicted molar refractivity (Wildman–Crippen MR) is 58.5 cm³/mol. The third-order valence-corrected chi connectivity index (χ3v) is 2.81. The molecule has 0 fully saturated rings. The Bertz CT molecular complexity index is 379. The number of carbonyl (C=O) groups excluding carboxylic acids is 1. The van der Waals surface area contributed by atoms with E-state index in [1.54, 1.807) is 6.07 Å². The van der Waals surface area contributed by atoms with E-state index in [0.717, 1.165) is 0 Å². The van der Waals surface area contributed by atoms with Crippen LogP contribution in [0.5, 0.6) is 0 Å². The number of benzene rings is 1. The van der Waals surface area contributed by atoms with Crippen molar-refractivity contribution in [2.24, 2.45) is 0 Å². The molecule has 0 saturated carbocycles. The fraction of sp³-hybridized carbons (Fsp3) is 0.125. The molecule has 14 heavy (non-hydrogen) atoms. The van der Waals surface area contributed by atoms with Crippen molar-refractivity contribution in [1.29, 1.82) is 0 Å². The Morgan fingerprint density at radius 1 is 1.50 bits per heavy atom. The van der Waals surface area contributed by atoms with Crippen LogP contribution in [0.1, 0.15) is 17.3 Å². The summed E-state index contributed by atoms with van der Waals surface area (Å²) in [5.41, 5.74) is 0.412. The van der Waals surface area contributed by atoms with Gasteiger partial charge in [-0.05, 0) is 19.1 Å². The zero-order valence-electron chi connectivity index (χ0n) is 7.85. The Hall–Kier alpha value is 0.350. The molecule has 0 spiro atoms. The van der Waals surface area contributed by atoms with E-state index in [9.17, 15) is 9.00 Å². The van der Waals surface area contributed by atoms with Crippen molar-refractivity contribution in [2.45, 2.75) is 16.7 Å². The number of hydrogen-bond donors (Lipinski definition) is 2. The summed E-state index contributed by atoms with van der Waals surface area (Å²) in [5.74, 6) is -0.139. The second-order valence-electron chi connectivity index (χ2n) is 2.49. The molecule has 0 aliphatic rings. The summed E-state index contributed by atoms with van der Waals surface area (Å²) in [6, 6.07) is 4.48. The van der Waals surface area contributed by atoms with Crippen molar-refractivity contribution < 1.29 is 13.6 Å². The Morgan fingerprint density at radius 3 is 2.50 bits per heavy atom. The van der Waals surface area contributed by atoms with Crippen LogP contribution in [0.25, 0.3) is 0 Å². The minimum absolute atomic E-state index is 0. The molecular weight excluding hydrogens is 231 g/mol. The summed E-state index contributed by atoms with van der Waals surface area (Å²) in [7, 11) is 0. The van der Waals surface area contributed by atoms with Crippen LogP contribution in [0.15, 0.2) is 28.0 Å². The fourth-order valence-electron chi connectivity index (χ4n) is 0.873. The second kappa shape index (κ2) is 6.05. The maximum Gasteiger partial charge on any atom is 0.187 e. The molecule has 1 rings (SSSR count). The zero-order chi connectivity index (χ0) is 10.0. The molecule has 71 valence electrons. The maximum atomic E-state index is 10.9. The Kier molecular flexibility index (Phi) is 6.20. The third kappa shape index (κ3) is 3.49. The van der Waals surface area contributed by atoms with Gasteiger partial charge in [0.1, 0.15) is 0 Å². The molecule has 0 aliphatic heterocycles. The molecule has 1 unspecified atom stereocenters. The van der Waals surface area contributed by atoms with Gasteiger partial charge >= 0.3 is 0 Å². The minimum atomic E-state index is -2.10. The van der Waals surface area contributed by atoms with E-state index in [2.05, 4.69) is 12.6 Å². The third-order valence-electron chi connectivity index (χ3n) is 1.55. The maximum absolute atomic E-state index is 10.9. The van der Waals surface area contributed by atoms with Gasteiger partial charge < -0.3 is 4.55 Å². The largest absolute Gasteiger partial charge is 0.302 e. The van der Waals surface area contributed by atoms with Crippen molar-refractivity contribution >= 4 is 59.0 Å². The van der Waals surface area contributed by atoms with Gasteiger partial charge in [0.25, 0.3) is 0 Å². The number of ketones is 1. The molecule has 0 saturated heterocycles. The van der Waals surface area contributed by atoms with E-state index in [1.807, 2.05) is 0 Å². The van der Waals surface area contributed by atoms with Gasteiger partial charge in [0, 0.05) is 40.0 Å². The number of hydrogen-bond acceptors (Lipinski definition) is 3. The van der Waals surface area contributed by atoms with E-state index < -0.39 is 11.1 Å². The summed E-state index contributed by atoms with van der Waals surface area (Å²) in [4.78, 5) is 11.5. The Balaban J connectivity index is 0.00000169. The van der Waals surface area contributed by atoms with Crippen molar-refractivity contribution in [1.82, 2.24) is 0 Å². The van der Waals surface area contributed by atoms with E-state index in [1.165, 1.54) is 19.1 Å². The van der Waals surface area contributed by atoms with Gasteiger partial charge in [0.05, 0.1) is 4.90 Å². The minimum Gasteiger partial charge on any atom is -0.302 e. The molecule has 1 aromatic rings. The van der Waals surface area contributed by atoms with Crippen LogP contribution in [0, 0.1) is 0 Å². The van der Waals surface area contributed by atoms with Gasteiger partial charge in [-0.1, -0.05) is 6.07 Å². The van der Waals surface area contributed by atoms with Gasteiger partial charge in [-0.2, -0.15) is 0 Å². The van der Waals surface area contributed by atoms with Crippen LogP contribution in [-0.4, -0.2) is 44.1 Å². The average Bonchev–Trinajstić information content (AvgIpc) is 2.04. The van der Waals surface area contributed by atoms with E-state index in [0.29, 0.717) is 10.5 Å². The predicted octanol–water partition coefficient (Wildman–Crippen LogP) is 1.38. The standard InChI is InChI=1S/C8H8O3S2.Na/c1-5(9)6-2-3-7(12)8(4-6)13(10)11;/h2-4,12H,1H3,(H,10,11);. The first-order valence-corrected chi connectivity index (χ1v) is 5.02. The average molecular weight is 239 g/mol. The SMILES string of the molecule is CC(=O)c1ccc(S)c(S(=O)O)c1.[Na]. The zero-order valence-corrected chi connectivity index (χ0v) is 11.6. The van der Waals surface area contributed by atoms with Crippen LogP contribution in [-0.2, 0) is 11.1 Å². The quantitative estimate of drug-likeness (QED) is 0.355. The van der Waals surface area contributed by atoms with Crippen LogP contribution >= 0.6 is 12.6 Å². The summed E-state index contributed by atoms with van der Waals surface area (Å²) in [5, 5.41) is 0. The van der Waals surface area contributed by atoms with E-state index in [4.69, 9.17) is 4.55 Å². The smallest absolute Gasteiger partial charge is 0.187 e. The molecule has 0 amide bonds. The van der Waals surface area contributed by atoms with Crippen LogP contribution in [0.3, 0.4) is 0 Å². The van der Waals surface area contributed by atoms with Gasteiger partial charge in [0.2, 0.25) is 0 Å². The topological polar surface area (TPSA) is 54.4 Å². The molecule has 0 aliphatic carbocycles.